The SMILES string of the molecule is CC1NC(C2C=CC=CC2)N[C@@](C)(C2=CCCC=C2)N1. The van der Waals surface area contributed by atoms with Gasteiger partial charge in [-0.2, -0.15) is 0 Å². The first-order valence-corrected chi connectivity index (χ1v) is 7.69. The van der Waals surface area contributed by atoms with Crippen LogP contribution in [0.3, 0.4) is 0 Å². The number of rotatable bonds is 2. The summed E-state index contributed by atoms with van der Waals surface area (Å²) >= 11 is 0. The number of allylic oxidation sites excluding steroid dienone is 5. The summed E-state index contributed by atoms with van der Waals surface area (Å²) in [5.74, 6) is 0.511. The second-order valence-corrected chi connectivity index (χ2v) is 6.13. The highest BCUT2D eigenvalue weighted by Crippen LogP contribution is 2.26. The van der Waals surface area contributed by atoms with Gasteiger partial charge in [0.05, 0.1) is 18.0 Å². The van der Waals surface area contributed by atoms with Crippen molar-refractivity contribution in [2.45, 2.75) is 51.1 Å². The van der Waals surface area contributed by atoms with Crippen LogP contribution in [0.2, 0.25) is 0 Å². The van der Waals surface area contributed by atoms with Gasteiger partial charge in [-0.1, -0.05) is 42.5 Å². The third-order valence-electron chi connectivity index (χ3n) is 4.39. The van der Waals surface area contributed by atoms with E-state index in [9.17, 15) is 0 Å². The fourth-order valence-corrected chi connectivity index (χ4v) is 3.37. The number of hydrogen-bond donors (Lipinski definition) is 3. The molecule has 1 aliphatic heterocycles. The molecule has 108 valence electrons. The quantitative estimate of drug-likeness (QED) is 0.722. The van der Waals surface area contributed by atoms with Crippen LogP contribution in [0.1, 0.15) is 33.1 Å². The van der Waals surface area contributed by atoms with E-state index >= 15 is 0 Å². The summed E-state index contributed by atoms with van der Waals surface area (Å²) < 4.78 is 0. The van der Waals surface area contributed by atoms with Crippen LogP contribution in [0.5, 0.6) is 0 Å². The second-order valence-electron chi connectivity index (χ2n) is 6.13. The standard InChI is InChI=1S/C17H25N3/c1-13-18-16(14-9-5-3-6-10-14)20-17(2,19-13)15-11-7-4-8-12-15/h3,5-7,9,11-14,16,18-20H,4,8,10H2,1-2H3/t13?,14?,16?,17-/m0/s1. The van der Waals surface area contributed by atoms with Crippen LogP contribution >= 0.6 is 0 Å². The van der Waals surface area contributed by atoms with Crippen molar-refractivity contribution in [1.29, 1.82) is 0 Å². The van der Waals surface area contributed by atoms with Gasteiger partial charge in [-0.3, -0.25) is 16.0 Å². The monoisotopic (exact) mass is 271 g/mol. The molecular formula is C17H25N3. The molecule has 4 atom stereocenters. The molecule has 0 aromatic heterocycles. The molecule has 3 rings (SSSR count). The van der Waals surface area contributed by atoms with E-state index in [0.717, 1.165) is 19.3 Å². The predicted molar refractivity (Wildman–Crippen MR) is 83.9 cm³/mol. The summed E-state index contributed by atoms with van der Waals surface area (Å²) in [6, 6.07) is 0. The largest absolute Gasteiger partial charge is 0.286 e. The molecule has 0 amide bonds. The highest BCUT2D eigenvalue weighted by Gasteiger charge is 2.38. The molecule has 2 aliphatic carbocycles. The molecule has 0 aromatic carbocycles. The molecule has 3 aliphatic rings. The molecule has 0 radical (unpaired) electrons. The highest BCUT2D eigenvalue weighted by molar-refractivity contribution is 5.33. The van der Waals surface area contributed by atoms with Gasteiger partial charge in [0.15, 0.2) is 0 Å². The van der Waals surface area contributed by atoms with E-state index < -0.39 is 0 Å². The molecule has 3 heteroatoms. The third kappa shape index (κ3) is 2.80. The predicted octanol–water partition coefficient (Wildman–Crippen LogP) is 2.57. The molecular weight excluding hydrogens is 246 g/mol. The smallest absolute Gasteiger partial charge is 0.0941 e. The average Bonchev–Trinajstić information content (AvgIpc) is 2.48. The maximum Gasteiger partial charge on any atom is 0.0941 e. The van der Waals surface area contributed by atoms with Gasteiger partial charge in [0, 0.05) is 5.92 Å². The molecule has 1 heterocycles. The Labute approximate surface area is 121 Å². The van der Waals surface area contributed by atoms with Crippen molar-refractivity contribution >= 4 is 0 Å². The number of hydrogen-bond acceptors (Lipinski definition) is 3. The molecule has 3 unspecified atom stereocenters. The van der Waals surface area contributed by atoms with Crippen molar-refractivity contribution in [1.82, 2.24) is 16.0 Å². The van der Waals surface area contributed by atoms with Crippen molar-refractivity contribution in [3.63, 3.8) is 0 Å². The summed E-state index contributed by atoms with van der Waals surface area (Å²) in [7, 11) is 0. The normalized spacial score (nSPS) is 40.7. The maximum absolute atomic E-state index is 3.77. The molecule has 0 spiro atoms. The first-order valence-electron chi connectivity index (χ1n) is 7.69. The maximum atomic E-state index is 3.77. The van der Waals surface area contributed by atoms with Crippen molar-refractivity contribution in [3.8, 4) is 0 Å². The molecule has 0 bridgehead atoms. The van der Waals surface area contributed by atoms with Gasteiger partial charge < -0.3 is 0 Å². The zero-order valence-corrected chi connectivity index (χ0v) is 12.4. The van der Waals surface area contributed by atoms with Gasteiger partial charge in [-0.05, 0) is 38.7 Å². The van der Waals surface area contributed by atoms with Crippen molar-refractivity contribution in [2.24, 2.45) is 5.92 Å². The van der Waals surface area contributed by atoms with Gasteiger partial charge in [-0.25, -0.2) is 0 Å². The summed E-state index contributed by atoms with van der Waals surface area (Å²) in [5, 5.41) is 11.0. The van der Waals surface area contributed by atoms with Crippen LogP contribution in [0.4, 0.5) is 0 Å². The molecule has 0 saturated carbocycles. The second kappa shape index (κ2) is 5.68. The topological polar surface area (TPSA) is 36.1 Å². The van der Waals surface area contributed by atoms with Crippen molar-refractivity contribution in [2.75, 3.05) is 0 Å². The first-order chi connectivity index (χ1) is 9.67. The Kier molecular flexibility index (Phi) is 3.92. The Morgan fingerprint density at radius 2 is 2.05 bits per heavy atom. The van der Waals surface area contributed by atoms with E-state index in [1.165, 1.54) is 5.57 Å². The van der Waals surface area contributed by atoms with Crippen LogP contribution < -0.4 is 16.0 Å². The van der Waals surface area contributed by atoms with Crippen LogP contribution in [-0.2, 0) is 0 Å². The van der Waals surface area contributed by atoms with Gasteiger partial charge in [0.25, 0.3) is 0 Å². The minimum Gasteiger partial charge on any atom is -0.286 e. The Balaban J connectivity index is 1.78. The van der Waals surface area contributed by atoms with Gasteiger partial charge >= 0.3 is 0 Å². The summed E-state index contributed by atoms with van der Waals surface area (Å²) in [6.07, 6.45) is 19.7. The Hall–Kier alpha value is -1.16. The van der Waals surface area contributed by atoms with E-state index in [4.69, 9.17) is 0 Å². The summed E-state index contributed by atoms with van der Waals surface area (Å²) in [5.41, 5.74) is 1.21. The van der Waals surface area contributed by atoms with Crippen LogP contribution in [0.15, 0.2) is 48.1 Å². The molecule has 3 N–H and O–H groups in total. The lowest BCUT2D eigenvalue weighted by Crippen LogP contribution is -2.74. The van der Waals surface area contributed by atoms with E-state index in [2.05, 4.69) is 72.3 Å². The molecule has 0 aromatic rings. The Morgan fingerprint density at radius 1 is 1.15 bits per heavy atom. The van der Waals surface area contributed by atoms with Gasteiger partial charge in [-0.15, -0.1) is 0 Å². The van der Waals surface area contributed by atoms with E-state index in [1.54, 1.807) is 0 Å². The fraction of sp³-hybridized carbons (Fsp3) is 0.529. The average molecular weight is 271 g/mol. The Bertz CT molecular complexity index is 475. The molecule has 3 nitrogen and oxygen atoms in total. The van der Waals surface area contributed by atoms with E-state index in [-0.39, 0.29) is 5.66 Å². The van der Waals surface area contributed by atoms with Crippen molar-refractivity contribution in [3.05, 3.63) is 48.1 Å². The highest BCUT2D eigenvalue weighted by atomic mass is 15.4. The third-order valence-corrected chi connectivity index (χ3v) is 4.39. The molecule has 20 heavy (non-hydrogen) atoms. The summed E-state index contributed by atoms with van der Waals surface area (Å²) in [4.78, 5) is 0. The van der Waals surface area contributed by atoms with E-state index in [1.807, 2.05) is 0 Å². The van der Waals surface area contributed by atoms with Crippen LogP contribution in [0, 0.1) is 5.92 Å². The Morgan fingerprint density at radius 3 is 2.75 bits per heavy atom. The lowest BCUT2D eigenvalue weighted by atomic mass is 9.90. The number of nitrogens with one attached hydrogen (secondary N) is 3. The fourth-order valence-electron chi connectivity index (χ4n) is 3.37. The van der Waals surface area contributed by atoms with Crippen LogP contribution in [-0.4, -0.2) is 18.0 Å². The summed E-state index contributed by atoms with van der Waals surface area (Å²) in [6.45, 7) is 4.45. The zero-order valence-electron chi connectivity index (χ0n) is 12.4. The first kappa shape index (κ1) is 13.8. The minimum atomic E-state index is -0.152. The molecule has 1 fully saturated rings. The van der Waals surface area contributed by atoms with Gasteiger partial charge in [0.2, 0.25) is 0 Å². The van der Waals surface area contributed by atoms with E-state index in [0.29, 0.717) is 18.2 Å². The lowest BCUT2D eigenvalue weighted by molar-refractivity contribution is 0.136. The lowest BCUT2D eigenvalue weighted by Gasteiger charge is -2.48. The van der Waals surface area contributed by atoms with Crippen LogP contribution in [0.25, 0.3) is 0 Å². The molecule has 1 saturated heterocycles. The van der Waals surface area contributed by atoms with Crippen molar-refractivity contribution < 1.29 is 0 Å². The zero-order chi connectivity index (χ0) is 14.0. The van der Waals surface area contributed by atoms with Gasteiger partial charge in [0.1, 0.15) is 0 Å². The minimum absolute atomic E-state index is 0.152.